The van der Waals surface area contributed by atoms with E-state index in [-0.39, 0.29) is 5.69 Å². The molecular formula is C8H5BrF5NO. The summed E-state index contributed by atoms with van der Waals surface area (Å²) >= 11 is 2.64. The Morgan fingerprint density at radius 2 is 1.94 bits per heavy atom. The van der Waals surface area contributed by atoms with Crippen LogP contribution in [0.2, 0.25) is 0 Å². The summed E-state index contributed by atoms with van der Waals surface area (Å²) in [6, 6.07) is 0. The number of pyridine rings is 1. The summed E-state index contributed by atoms with van der Waals surface area (Å²) in [7, 11) is 0. The highest BCUT2D eigenvalue weighted by Gasteiger charge is 2.34. The van der Waals surface area contributed by atoms with Crippen LogP contribution in [0.5, 0.6) is 5.75 Å². The van der Waals surface area contributed by atoms with E-state index in [1.165, 1.54) is 6.92 Å². The summed E-state index contributed by atoms with van der Waals surface area (Å²) in [6.45, 7) is 1.22. The summed E-state index contributed by atoms with van der Waals surface area (Å²) < 4.78 is 63.8. The van der Waals surface area contributed by atoms with Gasteiger partial charge < -0.3 is 4.74 Å². The lowest BCUT2D eigenvalue weighted by molar-refractivity contribution is -0.275. The lowest BCUT2D eigenvalue weighted by atomic mass is 10.2. The first-order valence-electron chi connectivity index (χ1n) is 3.91. The Morgan fingerprint density at radius 1 is 1.38 bits per heavy atom. The van der Waals surface area contributed by atoms with Crippen molar-refractivity contribution in [1.82, 2.24) is 4.98 Å². The SMILES string of the molecule is Cc1ncc(C(F)F)c(Br)c1OC(F)(F)F. The highest BCUT2D eigenvalue weighted by molar-refractivity contribution is 9.10. The van der Waals surface area contributed by atoms with Crippen LogP contribution in [0.25, 0.3) is 0 Å². The van der Waals surface area contributed by atoms with E-state index in [0.717, 1.165) is 6.20 Å². The first-order valence-corrected chi connectivity index (χ1v) is 4.70. The van der Waals surface area contributed by atoms with Gasteiger partial charge in [0.05, 0.1) is 15.7 Å². The molecule has 0 spiro atoms. The van der Waals surface area contributed by atoms with Crippen molar-refractivity contribution < 1.29 is 26.7 Å². The predicted octanol–water partition coefficient (Wildman–Crippen LogP) is 3.99. The summed E-state index contributed by atoms with van der Waals surface area (Å²) in [5.41, 5.74) is -0.779. The summed E-state index contributed by atoms with van der Waals surface area (Å²) in [6.07, 6.45) is -7.08. The Balaban J connectivity index is 3.21. The molecule has 0 N–H and O–H groups in total. The second-order valence-electron chi connectivity index (χ2n) is 2.79. The van der Waals surface area contributed by atoms with Crippen molar-refractivity contribution in [3.8, 4) is 5.75 Å². The summed E-state index contributed by atoms with van der Waals surface area (Å²) in [5.74, 6) is -0.745. The quantitative estimate of drug-likeness (QED) is 0.771. The van der Waals surface area contributed by atoms with Crippen LogP contribution in [0.15, 0.2) is 10.7 Å². The number of nitrogens with zero attached hydrogens (tertiary/aromatic N) is 1. The smallest absolute Gasteiger partial charge is 0.403 e. The van der Waals surface area contributed by atoms with E-state index < -0.39 is 28.6 Å². The van der Waals surface area contributed by atoms with Gasteiger partial charge in [-0.2, -0.15) is 0 Å². The number of aryl methyl sites for hydroxylation is 1. The van der Waals surface area contributed by atoms with Crippen LogP contribution in [-0.4, -0.2) is 11.3 Å². The molecule has 0 radical (unpaired) electrons. The van der Waals surface area contributed by atoms with Gasteiger partial charge in [-0.05, 0) is 22.9 Å². The molecular weight excluding hydrogens is 301 g/mol. The lowest BCUT2D eigenvalue weighted by Gasteiger charge is -2.14. The molecule has 0 saturated heterocycles. The van der Waals surface area contributed by atoms with Crippen molar-refractivity contribution in [1.29, 1.82) is 0 Å². The van der Waals surface area contributed by atoms with Crippen molar-refractivity contribution in [2.45, 2.75) is 19.7 Å². The highest BCUT2D eigenvalue weighted by Crippen LogP contribution is 2.38. The number of ether oxygens (including phenoxy) is 1. The molecule has 1 aromatic rings. The van der Waals surface area contributed by atoms with E-state index >= 15 is 0 Å². The maximum Gasteiger partial charge on any atom is 0.573 e. The van der Waals surface area contributed by atoms with Crippen LogP contribution in [0, 0.1) is 6.92 Å². The van der Waals surface area contributed by atoms with Crippen LogP contribution >= 0.6 is 15.9 Å². The number of halogens is 6. The fraction of sp³-hybridized carbons (Fsp3) is 0.375. The van der Waals surface area contributed by atoms with Gasteiger partial charge in [-0.25, -0.2) is 8.78 Å². The van der Waals surface area contributed by atoms with Gasteiger partial charge in [0.2, 0.25) is 0 Å². The van der Waals surface area contributed by atoms with Gasteiger partial charge in [0.25, 0.3) is 6.43 Å². The maximum absolute atomic E-state index is 12.4. The van der Waals surface area contributed by atoms with E-state index in [0.29, 0.717) is 0 Å². The monoisotopic (exact) mass is 305 g/mol. The highest BCUT2D eigenvalue weighted by atomic mass is 79.9. The minimum absolute atomic E-state index is 0.131. The van der Waals surface area contributed by atoms with Crippen molar-refractivity contribution in [3.63, 3.8) is 0 Å². The Kier molecular flexibility index (Phi) is 3.72. The van der Waals surface area contributed by atoms with Crippen molar-refractivity contribution >= 4 is 15.9 Å². The second kappa shape index (κ2) is 4.52. The molecule has 0 amide bonds. The zero-order valence-electron chi connectivity index (χ0n) is 7.78. The third-order valence-corrected chi connectivity index (χ3v) is 2.45. The van der Waals surface area contributed by atoms with E-state index in [1.54, 1.807) is 0 Å². The second-order valence-corrected chi connectivity index (χ2v) is 3.58. The molecule has 16 heavy (non-hydrogen) atoms. The van der Waals surface area contributed by atoms with Gasteiger partial charge in [-0.3, -0.25) is 4.98 Å². The third kappa shape index (κ3) is 3.03. The number of hydrogen-bond donors (Lipinski definition) is 0. The lowest BCUT2D eigenvalue weighted by Crippen LogP contribution is -2.18. The first-order chi connectivity index (χ1) is 7.22. The number of alkyl halides is 5. The van der Waals surface area contributed by atoms with Crippen LogP contribution < -0.4 is 4.74 Å². The van der Waals surface area contributed by atoms with Gasteiger partial charge in [0, 0.05) is 6.20 Å². The van der Waals surface area contributed by atoms with Crippen LogP contribution in [0.4, 0.5) is 22.0 Å². The van der Waals surface area contributed by atoms with Crippen LogP contribution in [0.1, 0.15) is 17.7 Å². The fourth-order valence-electron chi connectivity index (χ4n) is 0.958. The van der Waals surface area contributed by atoms with E-state index in [9.17, 15) is 22.0 Å². The van der Waals surface area contributed by atoms with Gasteiger partial charge >= 0.3 is 6.36 Å². The molecule has 0 aromatic carbocycles. The molecule has 1 aromatic heterocycles. The number of rotatable bonds is 2. The summed E-state index contributed by atoms with van der Waals surface area (Å²) in [5, 5.41) is 0. The molecule has 0 aliphatic rings. The van der Waals surface area contributed by atoms with Gasteiger partial charge in [0.15, 0.2) is 5.75 Å². The van der Waals surface area contributed by atoms with E-state index in [1.807, 2.05) is 0 Å². The molecule has 0 fully saturated rings. The Labute approximate surface area is 95.6 Å². The molecule has 1 heterocycles. The zero-order chi connectivity index (χ0) is 12.5. The molecule has 0 unspecified atom stereocenters. The molecule has 1 rings (SSSR count). The average Bonchev–Trinajstić information content (AvgIpc) is 2.10. The minimum Gasteiger partial charge on any atom is -0.403 e. The third-order valence-electron chi connectivity index (χ3n) is 1.63. The Hall–Kier alpha value is -0.920. The molecule has 0 atom stereocenters. The summed E-state index contributed by atoms with van der Waals surface area (Å²) in [4.78, 5) is 3.41. The molecule has 0 saturated carbocycles. The average molecular weight is 306 g/mol. The molecule has 8 heteroatoms. The van der Waals surface area contributed by atoms with Crippen molar-refractivity contribution in [2.75, 3.05) is 0 Å². The van der Waals surface area contributed by atoms with Gasteiger partial charge in [0.1, 0.15) is 0 Å². The van der Waals surface area contributed by atoms with Crippen molar-refractivity contribution in [3.05, 3.63) is 21.9 Å². The fourth-order valence-corrected chi connectivity index (χ4v) is 1.60. The van der Waals surface area contributed by atoms with E-state index in [2.05, 4.69) is 25.7 Å². The normalized spacial score (nSPS) is 12.0. The molecule has 0 aliphatic carbocycles. The van der Waals surface area contributed by atoms with Crippen LogP contribution in [0.3, 0.4) is 0 Å². The molecule has 2 nitrogen and oxygen atoms in total. The first kappa shape index (κ1) is 13.1. The topological polar surface area (TPSA) is 22.1 Å². The van der Waals surface area contributed by atoms with E-state index in [4.69, 9.17) is 0 Å². The number of aromatic nitrogens is 1. The van der Waals surface area contributed by atoms with Gasteiger partial charge in [-0.1, -0.05) is 0 Å². The maximum atomic E-state index is 12.4. The molecule has 0 aliphatic heterocycles. The zero-order valence-corrected chi connectivity index (χ0v) is 9.36. The number of hydrogen-bond acceptors (Lipinski definition) is 2. The van der Waals surface area contributed by atoms with Crippen molar-refractivity contribution in [2.24, 2.45) is 0 Å². The van der Waals surface area contributed by atoms with Gasteiger partial charge in [-0.15, -0.1) is 13.2 Å². The largest absolute Gasteiger partial charge is 0.573 e. The Bertz CT molecular complexity index is 393. The molecule has 0 bridgehead atoms. The molecule has 90 valence electrons. The standard InChI is InChI=1S/C8H5BrF5NO/c1-3-6(16-8(12,13)14)5(9)4(2-15-3)7(10)11/h2,7H,1H3. The Morgan fingerprint density at radius 3 is 2.38 bits per heavy atom. The van der Waals surface area contributed by atoms with Crippen LogP contribution in [-0.2, 0) is 0 Å². The predicted molar refractivity (Wildman–Crippen MR) is 48.3 cm³/mol. The minimum atomic E-state index is -4.95.